The Labute approximate surface area is 136 Å². The molecule has 1 rings (SSSR count). The Morgan fingerprint density at radius 3 is 1.91 bits per heavy atom. The van der Waals surface area contributed by atoms with E-state index in [0.717, 1.165) is 0 Å². The highest BCUT2D eigenvalue weighted by Crippen LogP contribution is 2.13. The number of rotatable bonds is 7. The molecule has 0 aromatic heterocycles. The minimum atomic E-state index is -1.31. The lowest BCUT2D eigenvalue weighted by Crippen LogP contribution is -2.51. The summed E-state index contributed by atoms with van der Waals surface area (Å²) in [5.74, 6) is -1.65. The molecule has 0 saturated heterocycles. The Morgan fingerprint density at radius 2 is 1.52 bits per heavy atom. The molecule has 126 valence electrons. The van der Waals surface area contributed by atoms with Crippen LogP contribution in [0.5, 0.6) is 0 Å². The van der Waals surface area contributed by atoms with Gasteiger partial charge in [0.2, 0.25) is 0 Å². The van der Waals surface area contributed by atoms with Gasteiger partial charge < -0.3 is 15.3 Å². The fourth-order valence-electron chi connectivity index (χ4n) is 2.07. The van der Waals surface area contributed by atoms with Gasteiger partial charge in [-0.15, -0.1) is 0 Å². The highest BCUT2D eigenvalue weighted by Gasteiger charge is 2.33. The van der Waals surface area contributed by atoms with Crippen molar-refractivity contribution >= 4 is 17.8 Å². The highest BCUT2D eigenvalue weighted by molar-refractivity contribution is 5.99. The fourth-order valence-corrected chi connectivity index (χ4v) is 2.07. The van der Waals surface area contributed by atoms with Gasteiger partial charge >= 0.3 is 5.97 Å². The second kappa shape index (κ2) is 7.76. The van der Waals surface area contributed by atoms with Crippen LogP contribution in [0.4, 0.5) is 0 Å². The lowest BCUT2D eigenvalue weighted by atomic mass is 9.98. The van der Waals surface area contributed by atoms with E-state index in [-0.39, 0.29) is 12.3 Å². The van der Waals surface area contributed by atoms with Crippen LogP contribution in [0.25, 0.3) is 0 Å². The van der Waals surface area contributed by atoms with Crippen LogP contribution in [0, 0.1) is 0 Å². The number of aliphatic carboxylic acids is 1. The van der Waals surface area contributed by atoms with Gasteiger partial charge in [-0.3, -0.25) is 9.59 Å². The lowest BCUT2D eigenvalue weighted by molar-refractivity contribution is -0.143. The smallest absolute Gasteiger partial charge is 0.329 e. The van der Waals surface area contributed by atoms with Gasteiger partial charge in [-0.1, -0.05) is 6.92 Å². The molecule has 0 fully saturated rings. The molecule has 1 atom stereocenters. The zero-order chi connectivity index (χ0) is 17.6. The highest BCUT2D eigenvalue weighted by atomic mass is 16.4. The molecule has 6 heteroatoms. The quantitative estimate of drug-likeness (QED) is 0.806. The van der Waals surface area contributed by atoms with Crippen LogP contribution in [0.1, 0.15) is 54.8 Å². The van der Waals surface area contributed by atoms with E-state index in [1.165, 1.54) is 19.1 Å². The number of nitrogens with one attached hydrogen (secondary N) is 1. The van der Waals surface area contributed by atoms with E-state index in [1.807, 2.05) is 13.8 Å². The van der Waals surface area contributed by atoms with Crippen LogP contribution in [0.3, 0.4) is 0 Å². The van der Waals surface area contributed by atoms with Gasteiger partial charge in [-0.2, -0.15) is 0 Å². The average Bonchev–Trinajstić information content (AvgIpc) is 2.55. The molecule has 2 N–H and O–H groups in total. The first kappa shape index (κ1) is 18.7. The van der Waals surface area contributed by atoms with Crippen molar-refractivity contribution < 1.29 is 19.5 Å². The molecule has 23 heavy (non-hydrogen) atoms. The number of carbonyl (C=O) groups excluding carboxylic acids is 2. The van der Waals surface area contributed by atoms with Crippen LogP contribution in [0.15, 0.2) is 24.3 Å². The number of hydrogen-bond acceptors (Lipinski definition) is 3. The first-order chi connectivity index (χ1) is 10.8. The first-order valence-electron chi connectivity index (χ1n) is 7.74. The van der Waals surface area contributed by atoms with Crippen molar-refractivity contribution in [3.8, 4) is 0 Å². The predicted molar refractivity (Wildman–Crippen MR) is 87.5 cm³/mol. The molecule has 6 nitrogen and oxygen atoms in total. The van der Waals surface area contributed by atoms with Crippen LogP contribution < -0.4 is 5.32 Å². The molecule has 0 spiro atoms. The zero-order valence-electron chi connectivity index (χ0n) is 14.0. The number of carboxylic acid groups (broad SMARTS) is 1. The van der Waals surface area contributed by atoms with E-state index in [4.69, 9.17) is 0 Å². The molecule has 0 heterocycles. The van der Waals surface area contributed by atoms with Crippen molar-refractivity contribution in [3.63, 3.8) is 0 Å². The minimum absolute atomic E-state index is 0.0918. The summed E-state index contributed by atoms with van der Waals surface area (Å²) in [6.45, 7) is 8.20. The molecule has 0 saturated carbocycles. The third-order valence-corrected chi connectivity index (χ3v) is 4.01. The molecule has 1 aromatic carbocycles. The third-order valence-electron chi connectivity index (χ3n) is 4.01. The summed E-state index contributed by atoms with van der Waals surface area (Å²) in [4.78, 5) is 37.3. The molecule has 0 bridgehead atoms. The van der Waals surface area contributed by atoms with Crippen molar-refractivity contribution in [2.75, 3.05) is 13.1 Å². The number of amides is 2. The van der Waals surface area contributed by atoms with Gasteiger partial charge in [-0.25, -0.2) is 4.79 Å². The Morgan fingerprint density at radius 1 is 1.04 bits per heavy atom. The Hall–Kier alpha value is -2.37. The SMILES string of the molecule is CCN(CC)C(=O)c1ccc(C(=O)NC(C)(CC)C(=O)O)cc1. The lowest BCUT2D eigenvalue weighted by Gasteiger charge is -2.24. The maximum atomic E-state index is 12.2. The van der Waals surface area contributed by atoms with Crippen molar-refractivity contribution in [1.82, 2.24) is 10.2 Å². The van der Waals surface area contributed by atoms with Gasteiger partial charge in [0.05, 0.1) is 0 Å². The Bertz CT molecular complexity index is 579. The minimum Gasteiger partial charge on any atom is -0.480 e. The monoisotopic (exact) mass is 320 g/mol. The standard InChI is InChI=1S/C17H24N2O4/c1-5-17(4,16(22)23)18-14(20)12-8-10-13(11-9-12)15(21)19(6-2)7-3/h8-11H,5-7H2,1-4H3,(H,18,20)(H,22,23). The van der Waals surface area contributed by atoms with Crippen LogP contribution in [-0.2, 0) is 4.79 Å². The number of benzene rings is 1. The van der Waals surface area contributed by atoms with Gasteiger partial charge in [0.1, 0.15) is 5.54 Å². The Kier molecular flexibility index (Phi) is 6.30. The first-order valence-corrected chi connectivity index (χ1v) is 7.74. The Balaban J connectivity index is 2.90. The molecule has 1 unspecified atom stereocenters. The second-order valence-electron chi connectivity index (χ2n) is 5.50. The predicted octanol–water partition coefficient (Wildman–Crippen LogP) is 2.15. The number of carbonyl (C=O) groups is 3. The third kappa shape index (κ3) is 4.31. The molecule has 0 aliphatic rings. The van der Waals surface area contributed by atoms with E-state index in [9.17, 15) is 19.5 Å². The number of nitrogens with zero attached hydrogens (tertiary/aromatic N) is 1. The number of carboxylic acids is 1. The van der Waals surface area contributed by atoms with Crippen molar-refractivity contribution in [1.29, 1.82) is 0 Å². The van der Waals surface area contributed by atoms with E-state index >= 15 is 0 Å². The topological polar surface area (TPSA) is 86.7 Å². The fraction of sp³-hybridized carbons (Fsp3) is 0.471. The summed E-state index contributed by atoms with van der Waals surface area (Å²) in [7, 11) is 0. The maximum absolute atomic E-state index is 12.2. The summed E-state index contributed by atoms with van der Waals surface area (Å²) in [6, 6.07) is 6.23. The molecule has 2 amide bonds. The van der Waals surface area contributed by atoms with Gasteiger partial charge in [0.25, 0.3) is 11.8 Å². The molecule has 0 aliphatic carbocycles. The van der Waals surface area contributed by atoms with E-state index in [1.54, 1.807) is 24.0 Å². The van der Waals surface area contributed by atoms with E-state index in [0.29, 0.717) is 24.2 Å². The van der Waals surface area contributed by atoms with Crippen molar-refractivity contribution in [2.45, 2.75) is 39.7 Å². The molecule has 0 radical (unpaired) electrons. The summed E-state index contributed by atoms with van der Waals surface area (Å²) >= 11 is 0. The average molecular weight is 320 g/mol. The summed E-state index contributed by atoms with van der Waals surface area (Å²) in [6.07, 6.45) is 0.270. The van der Waals surface area contributed by atoms with E-state index < -0.39 is 17.4 Å². The van der Waals surface area contributed by atoms with E-state index in [2.05, 4.69) is 5.32 Å². The van der Waals surface area contributed by atoms with Crippen molar-refractivity contribution in [3.05, 3.63) is 35.4 Å². The summed E-state index contributed by atoms with van der Waals surface area (Å²) in [5, 5.41) is 11.7. The summed E-state index contributed by atoms with van der Waals surface area (Å²) in [5.41, 5.74) is -0.490. The van der Waals surface area contributed by atoms with Gasteiger partial charge in [0.15, 0.2) is 0 Å². The number of hydrogen-bond donors (Lipinski definition) is 2. The summed E-state index contributed by atoms with van der Waals surface area (Å²) < 4.78 is 0. The normalized spacial score (nSPS) is 13.0. The zero-order valence-corrected chi connectivity index (χ0v) is 14.0. The molecular formula is C17H24N2O4. The molecule has 0 aliphatic heterocycles. The molecule has 1 aromatic rings. The maximum Gasteiger partial charge on any atom is 0.329 e. The van der Waals surface area contributed by atoms with Gasteiger partial charge in [-0.05, 0) is 51.5 Å². The van der Waals surface area contributed by atoms with Crippen LogP contribution >= 0.6 is 0 Å². The van der Waals surface area contributed by atoms with Crippen LogP contribution in [0.2, 0.25) is 0 Å². The van der Waals surface area contributed by atoms with Gasteiger partial charge in [0, 0.05) is 24.2 Å². The van der Waals surface area contributed by atoms with Crippen LogP contribution in [-0.4, -0.2) is 46.4 Å². The second-order valence-corrected chi connectivity index (χ2v) is 5.50. The molecular weight excluding hydrogens is 296 g/mol. The largest absolute Gasteiger partial charge is 0.480 e. The van der Waals surface area contributed by atoms with Crippen molar-refractivity contribution in [2.24, 2.45) is 0 Å².